The third kappa shape index (κ3) is 2.32. The first-order valence-corrected chi connectivity index (χ1v) is 5.72. The van der Waals surface area contributed by atoms with Gasteiger partial charge in [0.15, 0.2) is 0 Å². The molecule has 1 atom stereocenters. The van der Waals surface area contributed by atoms with E-state index in [1.165, 1.54) is 24.0 Å². The SMILES string of the molecule is CCN[C@H]1CCc2cc(OC)ccc2C1. The lowest BCUT2D eigenvalue weighted by molar-refractivity contribution is 0.412. The summed E-state index contributed by atoms with van der Waals surface area (Å²) in [6, 6.07) is 7.11. The summed E-state index contributed by atoms with van der Waals surface area (Å²) in [6.07, 6.45) is 3.57. The van der Waals surface area contributed by atoms with Crippen molar-refractivity contribution in [3.63, 3.8) is 0 Å². The molecule has 0 heterocycles. The molecule has 0 unspecified atom stereocenters. The molecule has 2 nitrogen and oxygen atoms in total. The molecule has 1 aliphatic rings. The summed E-state index contributed by atoms with van der Waals surface area (Å²) < 4.78 is 5.24. The number of fused-ring (bicyclic) bond motifs is 1. The van der Waals surface area contributed by atoms with Crippen molar-refractivity contribution in [3.05, 3.63) is 29.3 Å². The van der Waals surface area contributed by atoms with E-state index in [4.69, 9.17) is 4.74 Å². The molecule has 15 heavy (non-hydrogen) atoms. The third-order valence-corrected chi connectivity index (χ3v) is 3.13. The Balaban J connectivity index is 2.13. The van der Waals surface area contributed by atoms with E-state index in [1.807, 2.05) is 0 Å². The second-order valence-electron chi connectivity index (χ2n) is 4.13. The van der Waals surface area contributed by atoms with Gasteiger partial charge in [0.05, 0.1) is 7.11 Å². The maximum Gasteiger partial charge on any atom is 0.119 e. The average molecular weight is 205 g/mol. The second-order valence-corrected chi connectivity index (χ2v) is 4.13. The Bertz CT molecular complexity index is 335. The zero-order valence-corrected chi connectivity index (χ0v) is 9.55. The van der Waals surface area contributed by atoms with Gasteiger partial charge in [0.25, 0.3) is 0 Å². The van der Waals surface area contributed by atoms with Gasteiger partial charge in [-0.05, 0) is 49.1 Å². The van der Waals surface area contributed by atoms with Gasteiger partial charge < -0.3 is 10.1 Å². The van der Waals surface area contributed by atoms with Crippen LogP contribution in [0, 0.1) is 0 Å². The van der Waals surface area contributed by atoms with Crippen molar-refractivity contribution in [1.29, 1.82) is 0 Å². The minimum atomic E-state index is 0.663. The summed E-state index contributed by atoms with van der Waals surface area (Å²) in [5, 5.41) is 3.52. The van der Waals surface area contributed by atoms with Crippen LogP contribution in [0.15, 0.2) is 18.2 Å². The number of nitrogens with one attached hydrogen (secondary N) is 1. The molecule has 0 radical (unpaired) electrons. The fraction of sp³-hybridized carbons (Fsp3) is 0.538. The van der Waals surface area contributed by atoms with Crippen molar-refractivity contribution in [2.45, 2.75) is 32.2 Å². The summed E-state index contributed by atoms with van der Waals surface area (Å²) in [5.41, 5.74) is 2.94. The van der Waals surface area contributed by atoms with Crippen LogP contribution in [0.2, 0.25) is 0 Å². The summed E-state index contributed by atoms with van der Waals surface area (Å²) in [5.74, 6) is 0.982. The highest BCUT2D eigenvalue weighted by atomic mass is 16.5. The molecule has 1 aromatic carbocycles. The highest BCUT2D eigenvalue weighted by Gasteiger charge is 2.17. The van der Waals surface area contributed by atoms with E-state index in [-0.39, 0.29) is 0 Å². The van der Waals surface area contributed by atoms with Gasteiger partial charge in [-0.15, -0.1) is 0 Å². The van der Waals surface area contributed by atoms with Gasteiger partial charge in [0.2, 0.25) is 0 Å². The van der Waals surface area contributed by atoms with Crippen LogP contribution in [-0.2, 0) is 12.8 Å². The van der Waals surface area contributed by atoms with Crippen molar-refractivity contribution < 1.29 is 4.74 Å². The molecule has 0 aliphatic heterocycles. The maximum atomic E-state index is 5.24. The second kappa shape index (κ2) is 4.67. The first kappa shape index (κ1) is 10.5. The summed E-state index contributed by atoms with van der Waals surface area (Å²) in [6.45, 7) is 3.24. The largest absolute Gasteiger partial charge is 0.497 e. The van der Waals surface area contributed by atoms with Crippen molar-refractivity contribution in [2.24, 2.45) is 0 Å². The Morgan fingerprint density at radius 2 is 2.27 bits per heavy atom. The standard InChI is InChI=1S/C13H19NO/c1-3-14-12-6-4-11-9-13(15-2)7-5-10(11)8-12/h5,7,9,12,14H,3-4,6,8H2,1-2H3/t12-/m0/s1. The number of hydrogen-bond acceptors (Lipinski definition) is 2. The molecule has 2 rings (SSSR count). The van der Waals surface area contributed by atoms with Crippen LogP contribution in [0.4, 0.5) is 0 Å². The Labute approximate surface area is 91.6 Å². The number of benzene rings is 1. The molecule has 0 bridgehead atoms. The molecule has 0 saturated carbocycles. The lowest BCUT2D eigenvalue weighted by Crippen LogP contribution is -2.34. The van der Waals surface area contributed by atoms with Gasteiger partial charge >= 0.3 is 0 Å². The normalized spacial score (nSPS) is 19.7. The Hall–Kier alpha value is -1.02. The smallest absolute Gasteiger partial charge is 0.119 e. The van der Waals surface area contributed by atoms with Crippen molar-refractivity contribution in [2.75, 3.05) is 13.7 Å². The first-order chi connectivity index (χ1) is 7.33. The van der Waals surface area contributed by atoms with Crippen molar-refractivity contribution >= 4 is 0 Å². The molecule has 0 amide bonds. The molecule has 1 aromatic rings. The van der Waals surface area contributed by atoms with Crippen LogP contribution in [0.25, 0.3) is 0 Å². The highest BCUT2D eigenvalue weighted by molar-refractivity contribution is 5.37. The Morgan fingerprint density at radius 3 is 3.00 bits per heavy atom. The zero-order chi connectivity index (χ0) is 10.7. The van der Waals surface area contributed by atoms with E-state index in [2.05, 4.69) is 30.4 Å². The van der Waals surface area contributed by atoms with Crippen LogP contribution >= 0.6 is 0 Å². The molecule has 2 heteroatoms. The van der Waals surface area contributed by atoms with Gasteiger partial charge in [-0.2, -0.15) is 0 Å². The van der Waals surface area contributed by atoms with Crippen LogP contribution in [-0.4, -0.2) is 19.7 Å². The van der Waals surface area contributed by atoms with Gasteiger partial charge in [0.1, 0.15) is 5.75 Å². The van der Waals surface area contributed by atoms with Crippen LogP contribution in [0.3, 0.4) is 0 Å². The number of methoxy groups -OCH3 is 1. The van der Waals surface area contributed by atoms with Gasteiger partial charge in [-0.3, -0.25) is 0 Å². The van der Waals surface area contributed by atoms with E-state index >= 15 is 0 Å². The molecular weight excluding hydrogens is 186 g/mol. The van der Waals surface area contributed by atoms with Crippen LogP contribution in [0.1, 0.15) is 24.5 Å². The molecule has 0 spiro atoms. The van der Waals surface area contributed by atoms with E-state index in [0.29, 0.717) is 6.04 Å². The zero-order valence-electron chi connectivity index (χ0n) is 9.55. The number of ether oxygens (including phenoxy) is 1. The van der Waals surface area contributed by atoms with Gasteiger partial charge in [0, 0.05) is 6.04 Å². The monoisotopic (exact) mass is 205 g/mol. The minimum absolute atomic E-state index is 0.663. The van der Waals surface area contributed by atoms with Crippen molar-refractivity contribution in [1.82, 2.24) is 5.32 Å². The minimum Gasteiger partial charge on any atom is -0.497 e. The number of likely N-dealkylation sites (N-methyl/N-ethyl adjacent to an activating group) is 1. The van der Waals surface area contributed by atoms with Crippen LogP contribution in [0.5, 0.6) is 5.75 Å². The van der Waals surface area contributed by atoms with E-state index in [0.717, 1.165) is 18.7 Å². The number of rotatable bonds is 3. The Kier molecular flexibility index (Phi) is 3.27. The van der Waals surface area contributed by atoms with Gasteiger partial charge in [-0.1, -0.05) is 13.0 Å². The fourth-order valence-electron chi connectivity index (χ4n) is 2.32. The van der Waals surface area contributed by atoms with Crippen molar-refractivity contribution in [3.8, 4) is 5.75 Å². The quantitative estimate of drug-likeness (QED) is 0.816. The predicted octanol–water partition coefficient (Wildman–Crippen LogP) is 2.16. The molecule has 0 fully saturated rings. The van der Waals surface area contributed by atoms with E-state index in [1.54, 1.807) is 7.11 Å². The fourth-order valence-corrected chi connectivity index (χ4v) is 2.32. The van der Waals surface area contributed by atoms with E-state index in [9.17, 15) is 0 Å². The molecule has 82 valence electrons. The number of hydrogen-bond donors (Lipinski definition) is 1. The summed E-state index contributed by atoms with van der Waals surface area (Å²) in [4.78, 5) is 0. The molecule has 0 saturated heterocycles. The summed E-state index contributed by atoms with van der Waals surface area (Å²) >= 11 is 0. The molecule has 1 aliphatic carbocycles. The summed E-state index contributed by atoms with van der Waals surface area (Å²) in [7, 11) is 1.73. The maximum absolute atomic E-state index is 5.24. The lowest BCUT2D eigenvalue weighted by atomic mass is 9.88. The third-order valence-electron chi connectivity index (χ3n) is 3.13. The predicted molar refractivity (Wildman–Crippen MR) is 62.5 cm³/mol. The average Bonchev–Trinajstić information content (AvgIpc) is 2.29. The lowest BCUT2D eigenvalue weighted by Gasteiger charge is -2.25. The van der Waals surface area contributed by atoms with Crippen LogP contribution < -0.4 is 10.1 Å². The molecule has 0 aromatic heterocycles. The molecular formula is C13H19NO. The highest BCUT2D eigenvalue weighted by Crippen LogP contribution is 2.25. The topological polar surface area (TPSA) is 21.3 Å². The number of aryl methyl sites for hydroxylation is 1. The van der Waals surface area contributed by atoms with Gasteiger partial charge in [-0.25, -0.2) is 0 Å². The Morgan fingerprint density at radius 1 is 1.40 bits per heavy atom. The van der Waals surface area contributed by atoms with E-state index < -0.39 is 0 Å². The molecule has 1 N–H and O–H groups in total. The first-order valence-electron chi connectivity index (χ1n) is 5.72.